The van der Waals surface area contributed by atoms with E-state index in [9.17, 15) is 28.4 Å². The number of rotatable bonds is 4. The number of sulfonamides is 1. The van der Waals surface area contributed by atoms with Crippen molar-refractivity contribution in [3.8, 4) is 0 Å². The van der Waals surface area contributed by atoms with Gasteiger partial charge in [0.05, 0.1) is 15.9 Å². The van der Waals surface area contributed by atoms with Gasteiger partial charge in [0.15, 0.2) is 0 Å². The second-order valence-corrected chi connectivity index (χ2v) is 6.46. The summed E-state index contributed by atoms with van der Waals surface area (Å²) < 4.78 is 25.4. The molecule has 114 valence electrons. The van der Waals surface area contributed by atoms with Gasteiger partial charge >= 0.3 is 5.97 Å². The molecule has 2 N–H and O–H groups in total. The molecule has 21 heavy (non-hydrogen) atoms. The van der Waals surface area contributed by atoms with E-state index in [0.717, 1.165) is 18.2 Å². The fraction of sp³-hybridized carbons (Fsp3) is 0.364. The molecule has 1 aromatic rings. The van der Waals surface area contributed by atoms with Gasteiger partial charge in [-0.1, -0.05) is 6.07 Å². The number of carbonyl (C=O) groups is 1. The minimum atomic E-state index is -4.23. The average molecular weight is 316 g/mol. The molecule has 1 fully saturated rings. The number of aliphatic carboxylic acids is 1. The van der Waals surface area contributed by atoms with E-state index in [-0.39, 0.29) is 17.9 Å². The van der Waals surface area contributed by atoms with Crippen LogP contribution in [0.1, 0.15) is 6.42 Å². The van der Waals surface area contributed by atoms with Gasteiger partial charge in [-0.15, -0.1) is 0 Å². The van der Waals surface area contributed by atoms with Gasteiger partial charge in [0, 0.05) is 25.1 Å². The molecular formula is C11H12N2O7S. The first-order valence-electron chi connectivity index (χ1n) is 5.90. The van der Waals surface area contributed by atoms with Gasteiger partial charge in [-0.25, -0.2) is 8.42 Å². The summed E-state index contributed by atoms with van der Waals surface area (Å²) in [6, 6.07) is 2.95. The lowest BCUT2D eigenvalue weighted by atomic mass is 10.2. The van der Waals surface area contributed by atoms with Crippen molar-refractivity contribution in [1.82, 2.24) is 4.31 Å². The number of aliphatic hydroxyl groups excluding tert-OH is 1. The normalized spacial score (nSPS) is 23.1. The molecule has 0 saturated carbocycles. The summed E-state index contributed by atoms with van der Waals surface area (Å²) in [6.45, 7) is -0.359. The largest absolute Gasteiger partial charge is 0.480 e. The fourth-order valence-electron chi connectivity index (χ4n) is 2.17. The third-order valence-electron chi connectivity index (χ3n) is 3.15. The number of non-ortho nitro benzene ring substituents is 1. The number of nitrogens with zero attached hydrogens (tertiary/aromatic N) is 2. The van der Waals surface area contributed by atoms with Crippen molar-refractivity contribution in [1.29, 1.82) is 0 Å². The van der Waals surface area contributed by atoms with E-state index in [1.807, 2.05) is 0 Å². The van der Waals surface area contributed by atoms with Crippen LogP contribution in [0, 0.1) is 10.1 Å². The summed E-state index contributed by atoms with van der Waals surface area (Å²) in [7, 11) is -4.23. The van der Waals surface area contributed by atoms with E-state index < -0.39 is 38.7 Å². The molecule has 0 bridgehead atoms. The average Bonchev–Trinajstić information content (AvgIpc) is 2.82. The molecule has 2 rings (SSSR count). The van der Waals surface area contributed by atoms with E-state index in [1.165, 1.54) is 6.07 Å². The van der Waals surface area contributed by atoms with Crippen molar-refractivity contribution < 1.29 is 28.3 Å². The van der Waals surface area contributed by atoms with Crippen LogP contribution >= 0.6 is 0 Å². The molecule has 0 aromatic heterocycles. The highest BCUT2D eigenvalue weighted by Crippen LogP contribution is 2.28. The van der Waals surface area contributed by atoms with Crippen molar-refractivity contribution in [2.24, 2.45) is 0 Å². The first kappa shape index (κ1) is 15.4. The SMILES string of the molecule is O=C(O)[C@@H]1C[C@@H](O)CN1S(=O)(=O)c1cccc([N+](=O)[O-])c1. The van der Waals surface area contributed by atoms with Gasteiger partial charge in [-0.05, 0) is 6.07 Å². The molecule has 10 heteroatoms. The molecule has 0 unspecified atom stereocenters. The second-order valence-electron chi connectivity index (χ2n) is 4.57. The van der Waals surface area contributed by atoms with Gasteiger partial charge in [-0.2, -0.15) is 4.31 Å². The topological polar surface area (TPSA) is 138 Å². The summed E-state index contributed by atoms with van der Waals surface area (Å²) in [5, 5.41) is 29.2. The Kier molecular flexibility index (Phi) is 3.94. The highest BCUT2D eigenvalue weighted by Gasteiger charge is 2.43. The Labute approximate surface area is 119 Å². The Hall–Kier alpha value is -2.04. The Morgan fingerprint density at radius 3 is 2.67 bits per heavy atom. The highest BCUT2D eigenvalue weighted by molar-refractivity contribution is 7.89. The van der Waals surface area contributed by atoms with Crippen LogP contribution in [0.4, 0.5) is 5.69 Å². The maximum atomic E-state index is 12.4. The number of nitro benzene ring substituents is 1. The molecule has 1 aliphatic heterocycles. The van der Waals surface area contributed by atoms with Crippen LogP contribution in [0.2, 0.25) is 0 Å². The molecule has 0 radical (unpaired) electrons. The molecule has 1 aliphatic rings. The standard InChI is InChI=1S/C11H12N2O7S/c14-8-5-10(11(15)16)12(6-8)21(19,20)9-3-1-2-7(4-9)13(17)18/h1-4,8,10,14H,5-6H2,(H,15,16)/t8-,10+/m1/s1. The van der Waals surface area contributed by atoms with Crippen molar-refractivity contribution in [3.05, 3.63) is 34.4 Å². The van der Waals surface area contributed by atoms with E-state index in [4.69, 9.17) is 5.11 Å². The summed E-state index contributed by atoms with van der Waals surface area (Å²) in [5.41, 5.74) is -0.414. The Morgan fingerprint density at radius 2 is 2.10 bits per heavy atom. The third kappa shape index (κ3) is 2.86. The number of benzene rings is 1. The first-order chi connectivity index (χ1) is 9.73. The predicted octanol–water partition coefficient (Wildman–Crippen LogP) is -0.197. The number of carboxylic acid groups (broad SMARTS) is 1. The summed E-state index contributed by atoms with van der Waals surface area (Å²) in [6.07, 6.45) is -1.30. The summed E-state index contributed by atoms with van der Waals surface area (Å²) in [5.74, 6) is -1.37. The smallest absolute Gasteiger partial charge is 0.322 e. The zero-order valence-corrected chi connectivity index (χ0v) is 11.4. The monoisotopic (exact) mass is 316 g/mol. The van der Waals surface area contributed by atoms with Crippen LogP contribution in [-0.2, 0) is 14.8 Å². The molecule has 1 saturated heterocycles. The lowest BCUT2D eigenvalue weighted by molar-refractivity contribution is -0.385. The lowest BCUT2D eigenvalue weighted by Crippen LogP contribution is -2.40. The zero-order chi connectivity index (χ0) is 15.8. The third-order valence-corrected chi connectivity index (χ3v) is 5.02. The number of aliphatic hydroxyl groups is 1. The van der Waals surface area contributed by atoms with Crippen molar-refractivity contribution >= 4 is 21.7 Å². The second kappa shape index (κ2) is 5.39. The highest BCUT2D eigenvalue weighted by atomic mass is 32.2. The lowest BCUT2D eigenvalue weighted by Gasteiger charge is -2.20. The van der Waals surface area contributed by atoms with Crippen molar-refractivity contribution in [3.63, 3.8) is 0 Å². The van der Waals surface area contributed by atoms with Crippen molar-refractivity contribution in [2.75, 3.05) is 6.54 Å². The molecule has 9 nitrogen and oxygen atoms in total. The van der Waals surface area contributed by atoms with Crippen LogP contribution in [0.15, 0.2) is 29.2 Å². The van der Waals surface area contributed by atoms with Crippen LogP contribution in [0.3, 0.4) is 0 Å². The Bertz CT molecular complexity index is 688. The number of carboxylic acids is 1. The maximum absolute atomic E-state index is 12.4. The quantitative estimate of drug-likeness (QED) is 0.579. The van der Waals surface area contributed by atoms with Crippen LogP contribution in [0.25, 0.3) is 0 Å². The van der Waals surface area contributed by atoms with E-state index >= 15 is 0 Å². The summed E-state index contributed by atoms with van der Waals surface area (Å²) >= 11 is 0. The number of β-amino-alcohol motifs (C(OH)–C–C–N with tert-alkyl or cyclic N) is 1. The molecule has 2 atom stereocenters. The Balaban J connectivity index is 2.44. The molecule has 0 amide bonds. The number of nitro groups is 1. The minimum absolute atomic E-state index is 0.219. The van der Waals surface area contributed by atoms with Gasteiger partial charge in [0.2, 0.25) is 10.0 Å². The number of hydrogen-bond donors (Lipinski definition) is 2. The molecular weight excluding hydrogens is 304 g/mol. The van der Waals surface area contributed by atoms with E-state index in [2.05, 4.69) is 0 Å². The van der Waals surface area contributed by atoms with E-state index in [1.54, 1.807) is 0 Å². The number of hydrogen-bond acceptors (Lipinski definition) is 6. The molecule has 1 heterocycles. The van der Waals surface area contributed by atoms with Crippen molar-refractivity contribution in [2.45, 2.75) is 23.5 Å². The van der Waals surface area contributed by atoms with Crippen LogP contribution in [-0.4, -0.2) is 52.5 Å². The maximum Gasteiger partial charge on any atom is 0.322 e. The van der Waals surface area contributed by atoms with Crippen LogP contribution < -0.4 is 0 Å². The predicted molar refractivity (Wildman–Crippen MR) is 69.0 cm³/mol. The van der Waals surface area contributed by atoms with Gasteiger partial charge in [0.25, 0.3) is 5.69 Å². The molecule has 0 spiro atoms. The Morgan fingerprint density at radius 1 is 1.43 bits per heavy atom. The van der Waals surface area contributed by atoms with Gasteiger partial charge < -0.3 is 10.2 Å². The molecule has 0 aliphatic carbocycles. The minimum Gasteiger partial charge on any atom is -0.480 e. The van der Waals surface area contributed by atoms with E-state index in [0.29, 0.717) is 4.31 Å². The summed E-state index contributed by atoms with van der Waals surface area (Å²) in [4.78, 5) is 20.7. The fourth-order valence-corrected chi connectivity index (χ4v) is 3.84. The first-order valence-corrected chi connectivity index (χ1v) is 7.34. The zero-order valence-electron chi connectivity index (χ0n) is 10.6. The van der Waals surface area contributed by atoms with Gasteiger partial charge in [0.1, 0.15) is 6.04 Å². The molecule has 1 aromatic carbocycles. The van der Waals surface area contributed by atoms with Gasteiger partial charge in [-0.3, -0.25) is 14.9 Å². The van der Waals surface area contributed by atoms with Crippen LogP contribution in [0.5, 0.6) is 0 Å².